The number of benzene rings is 5. The largest absolute Gasteiger partial charge is 0.452 e. The average Bonchev–Trinajstić information content (AvgIpc) is 3.64. The summed E-state index contributed by atoms with van der Waals surface area (Å²) in [6.45, 7) is 0. The summed E-state index contributed by atoms with van der Waals surface area (Å²) in [6, 6.07) is 36.6. The monoisotopic (exact) mass is 557 g/mol. The van der Waals surface area contributed by atoms with Crippen molar-refractivity contribution in [3.05, 3.63) is 126 Å². The van der Waals surface area contributed by atoms with Gasteiger partial charge in [-0.1, -0.05) is 84.9 Å². The first kappa shape index (κ1) is 23.5. The van der Waals surface area contributed by atoms with Gasteiger partial charge in [0.2, 0.25) is 0 Å². The highest BCUT2D eigenvalue weighted by Gasteiger charge is 2.21. The van der Waals surface area contributed by atoms with E-state index in [4.69, 9.17) is 23.8 Å². The summed E-state index contributed by atoms with van der Waals surface area (Å²) in [7, 11) is 0. The summed E-state index contributed by atoms with van der Waals surface area (Å²) in [5.41, 5.74) is 5.14. The highest BCUT2D eigenvalue weighted by atomic mass is 16.4. The normalized spacial score (nSPS) is 11.8. The fraction of sp³-hybridized carbons (Fsp3) is 0. The molecule has 0 unspecified atom stereocenters. The molecule has 0 aliphatic rings. The molecule has 8 nitrogen and oxygen atoms in total. The quantitative estimate of drug-likeness (QED) is 0.220. The van der Waals surface area contributed by atoms with Crippen LogP contribution in [0.25, 0.3) is 83.9 Å². The van der Waals surface area contributed by atoms with Gasteiger partial charge in [0.05, 0.1) is 16.4 Å². The minimum Gasteiger partial charge on any atom is -0.452 e. The Morgan fingerprint density at radius 2 is 1.16 bits per heavy atom. The van der Waals surface area contributed by atoms with Crippen LogP contribution >= 0.6 is 0 Å². The molecule has 0 N–H and O–H groups in total. The van der Waals surface area contributed by atoms with Crippen molar-refractivity contribution in [1.29, 1.82) is 0 Å². The number of imidazole rings is 1. The van der Waals surface area contributed by atoms with Gasteiger partial charge in [-0.3, -0.25) is 4.79 Å². The summed E-state index contributed by atoms with van der Waals surface area (Å²) in [5, 5.41) is 2.01. The lowest BCUT2D eigenvalue weighted by atomic mass is 10.0. The summed E-state index contributed by atoms with van der Waals surface area (Å²) in [5.74, 6) is 1.86. The van der Waals surface area contributed by atoms with Crippen LogP contribution < -0.4 is 5.56 Å². The van der Waals surface area contributed by atoms with Gasteiger partial charge in [-0.15, -0.1) is 0 Å². The van der Waals surface area contributed by atoms with E-state index in [-0.39, 0.29) is 11.4 Å². The van der Waals surface area contributed by atoms with E-state index >= 15 is 0 Å². The highest BCUT2D eigenvalue weighted by molar-refractivity contribution is 6.17. The second kappa shape index (κ2) is 8.92. The Labute approximate surface area is 242 Å². The van der Waals surface area contributed by atoms with Crippen molar-refractivity contribution < 1.29 is 8.83 Å². The van der Waals surface area contributed by atoms with Crippen LogP contribution in [0.1, 0.15) is 0 Å². The van der Waals surface area contributed by atoms with E-state index in [1.54, 1.807) is 6.07 Å². The molecule has 0 saturated heterocycles. The summed E-state index contributed by atoms with van der Waals surface area (Å²) < 4.78 is 14.2. The first-order valence-corrected chi connectivity index (χ1v) is 13.8. The second-order valence-electron chi connectivity index (χ2n) is 10.3. The first-order chi connectivity index (χ1) is 21.2. The van der Waals surface area contributed by atoms with E-state index in [0.29, 0.717) is 50.6 Å². The van der Waals surface area contributed by atoms with Crippen molar-refractivity contribution in [3.63, 3.8) is 0 Å². The van der Waals surface area contributed by atoms with Gasteiger partial charge in [-0.2, -0.15) is 4.98 Å². The van der Waals surface area contributed by atoms with Gasteiger partial charge in [0.1, 0.15) is 5.58 Å². The van der Waals surface area contributed by atoms with Crippen LogP contribution in [0.3, 0.4) is 0 Å². The SMILES string of the molecule is O=c1c2ccc3c(oc4cccc(-c5nc(-c6ccccc6)nc(-c6ccccc6)n5)c43)c2oc2nc3ccccc3n12. The molecular formula is C35H19N5O3. The molecule has 0 bridgehead atoms. The Bertz CT molecular complexity index is 2530. The van der Waals surface area contributed by atoms with Gasteiger partial charge in [0, 0.05) is 27.5 Å². The van der Waals surface area contributed by atoms with Crippen LogP contribution in [-0.4, -0.2) is 24.3 Å². The summed E-state index contributed by atoms with van der Waals surface area (Å²) in [4.78, 5) is 32.9. The van der Waals surface area contributed by atoms with Crippen molar-refractivity contribution in [2.75, 3.05) is 0 Å². The number of fused-ring (bicyclic) bond motifs is 8. The van der Waals surface area contributed by atoms with Gasteiger partial charge in [-0.25, -0.2) is 19.4 Å². The van der Waals surface area contributed by atoms with Crippen molar-refractivity contribution >= 4 is 49.8 Å². The minimum absolute atomic E-state index is 0.212. The fourth-order valence-electron chi connectivity index (χ4n) is 5.73. The number of furan rings is 1. The Morgan fingerprint density at radius 1 is 0.535 bits per heavy atom. The minimum atomic E-state index is -0.218. The average molecular weight is 558 g/mol. The lowest BCUT2D eigenvalue weighted by Gasteiger charge is -2.09. The molecule has 202 valence electrons. The molecule has 4 heterocycles. The molecule has 0 spiro atoms. The van der Waals surface area contributed by atoms with Crippen LogP contribution in [0.15, 0.2) is 129 Å². The standard InChI is InChI=1S/C35H19N5O3/c41-34-24-19-18-22-28-23(33-38-31(20-10-3-1-4-11-20)37-32(39-33)21-12-5-2-6-13-21)14-9-17-27(28)42-29(22)30(24)43-35-36-25-15-7-8-16-26(25)40(34)35/h1-19H. The number of para-hydroxylation sites is 2. The van der Waals surface area contributed by atoms with Crippen LogP contribution in [0, 0.1) is 0 Å². The van der Waals surface area contributed by atoms with Gasteiger partial charge in [-0.05, 0) is 30.3 Å². The Kier molecular flexibility index (Phi) is 4.89. The van der Waals surface area contributed by atoms with Gasteiger partial charge >= 0.3 is 5.84 Å². The van der Waals surface area contributed by atoms with Crippen molar-refractivity contribution in [3.8, 4) is 34.2 Å². The molecule has 8 heteroatoms. The Hall–Kier alpha value is -6.15. The molecule has 0 radical (unpaired) electrons. The van der Waals surface area contributed by atoms with E-state index in [1.165, 1.54) is 4.40 Å². The van der Waals surface area contributed by atoms with Crippen LogP contribution in [0.2, 0.25) is 0 Å². The van der Waals surface area contributed by atoms with E-state index in [2.05, 4.69) is 4.98 Å². The molecule has 4 aromatic heterocycles. The maximum atomic E-state index is 13.6. The number of aromatic nitrogens is 5. The molecule has 0 aliphatic heterocycles. The number of hydrogen-bond donors (Lipinski definition) is 0. The van der Waals surface area contributed by atoms with Gasteiger partial charge in [0.15, 0.2) is 28.6 Å². The van der Waals surface area contributed by atoms with E-state index in [0.717, 1.165) is 27.5 Å². The van der Waals surface area contributed by atoms with E-state index < -0.39 is 0 Å². The predicted molar refractivity (Wildman–Crippen MR) is 166 cm³/mol. The molecule has 0 saturated carbocycles. The summed E-state index contributed by atoms with van der Waals surface area (Å²) >= 11 is 0. The molecule has 43 heavy (non-hydrogen) atoms. The van der Waals surface area contributed by atoms with Crippen LogP contribution in [0.4, 0.5) is 0 Å². The molecule has 0 fully saturated rings. The van der Waals surface area contributed by atoms with Gasteiger partial charge < -0.3 is 8.83 Å². The molecule has 0 aliphatic carbocycles. The second-order valence-corrected chi connectivity index (χ2v) is 10.3. The predicted octanol–water partition coefficient (Wildman–Crippen LogP) is 7.68. The van der Waals surface area contributed by atoms with Gasteiger partial charge in [0.25, 0.3) is 5.56 Å². The van der Waals surface area contributed by atoms with Crippen molar-refractivity contribution in [2.45, 2.75) is 0 Å². The molecule has 0 atom stereocenters. The third-order valence-electron chi connectivity index (χ3n) is 7.72. The third-order valence-corrected chi connectivity index (χ3v) is 7.72. The number of hydrogen-bond acceptors (Lipinski definition) is 7. The third kappa shape index (κ3) is 3.53. The zero-order valence-electron chi connectivity index (χ0n) is 22.4. The molecule has 9 rings (SSSR count). The molecule has 0 amide bonds. The first-order valence-electron chi connectivity index (χ1n) is 13.8. The van der Waals surface area contributed by atoms with E-state index in [9.17, 15) is 4.79 Å². The Balaban J connectivity index is 1.33. The number of nitrogens with zero attached hydrogens (tertiary/aromatic N) is 5. The highest BCUT2D eigenvalue weighted by Crippen LogP contribution is 2.39. The van der Waals surface area contributed by atoms with Crippen LogP contribution in [-0.2, 0) is 0 Å². The van der Waals surface area contributed by atoms with E-state index in [1.807, 2.05) is 109 Å². The zero-order chi connectivity index (χ0) is 28.5. The van der Waals surface area contributed by atoms with Crippen LogP contribution in [0.5, 0.6) is 0 Å². The Morgan fingerprint density at radius 3 is 1.91 bits per heavy atom. The molecular weight excluding hydrogens is 538 g/mol. The van der Waals surface area contributed by atoms with Crippen molar-refractivity contribution in [2.24, 2.45) is 0 Å². The molecule has 9 aromatic rings. The fourth-order valence-corrected chi connectivity index (χ4v) is 5.73. The lowest BCUT2D eigenvalue weighted by molar-refractivity contribution is 0.600. The number of rotatable bonds is 3. The topological polar surface area (TPSA) is 99.3 Å². The molecule has 5 aromatic carbocycles. The van der Waals surface area contributed by atoms with Crippen molar-refractivity contribution in [1.82, 2.24) is 24.3 Å². The maximum Gasteiger partial charge on any atom is 0.310 e. The maximum absolute atomic E-state index is 13.6. The zero-order valence-corrected chi connectivity index (χ0v) is 22.4. The lowest BCUT2D eigenvalue weighted by Crippen LogP contribution is -2.12. The smallest absolute Gasteiger partial charge is 0.310 e. The summed E-state index contributed by atoms with van der Waals surface area (Å²) in [6.07, 6.45) is 0.